The molecule has 2 aromatic rings. The van der Waals surface area contributed by atoms with Crippen molar-refractivity contribution in [3.8, 4) is 11.1 Å². The van der Waals surface area contributed by atoms with Gasteiger partial charge in [-0.05, 0) is 29.2 Å². The Kier molecular flexibility index (Phi) is 2.26. The lowest BCUT2D eigenvalue weighted by molar-refractivity contribution is 0.582. The molecule has 0 spiro atoms. The Balaban J connectivity index is 2.28. The van der Waals surface area contributed by atoms with Crippen LogP contribution in [0.1, 0.15) is 24.1 Å². The Bertz CT molecular complexity index is 516. The van der Waals surface area contributed by atoms with Crippen LogP contribution in [0.5, 0.6) is 0 Å². The first-order valence-corrected chi connectivity index (χ1v) is 5.77. The van der Waals surface area contributed by atoms with Crippen LogP contribution in [-0.4, -0.2) is 0 Å². The van der Waals surface area contributed by atoms with E-state index in [-0.39, 0.29) is 0 Å². The van der Waals surface area contributed by atoms with Crippen LogP contribution in [0.3, 0.4) is 0 Å². The molecule has 3 rings (SSSR count). The third kappa shape index (κ3) is 1.44. The minimum Gasteiger partial charge on any atom is -0.306 e. The molecule has 1 atom stereocenters. The van der Waals surface area contributed by atoms with E-state index in [1.165, 1.54) is 22.3 Å². The van der Waals surface area contributed by atoms with E-state index in [4.69, 9.17) is 0 Å². The normalized spacial score (nSPS) is 18.4. The Morgan fingerprint density at radius 2 is 1.62 bits per heavy atom. The van der Waals surface area contributed by atoms with Gasteiger partial charge in [-0.15, -0.1) is 0 Å². The fraction of sp³-hybridized carbons (Fsp3) is 0.200. The predicted molar refractivity (Wildman–Crippen MR) is 67.1 cm³/mol. The molecule has 0 saturated heterocycles. The molecule has 0 bridgehead atoms. The van der Waals surface area contributed by atoms with Crippen molar-refractivity contribution in [1.29, 1.82) is 0 Å². The smallest absolute Gasteiger partial charge is 0.0301 e. The van der Waals surface area contributed by atoms with Gasteiger partial charge in [-0.3, -0.25) is 0 Å². The van der Waals surface area contributed by atoms with E-state index in [0.717, 1.165) is 6.54 Å². The van der Waals surface area contributed by atoms with Crippen molar-refractivity contribution in [2.45, 2.75) is 19.5 Å². The highest BCUT2D eigenvalue weighted by molar-refractivity contribution is 5.72. The SMILES string of the molecule is C[C@@H]1NCc2ccccc2-c2ccccc21. The quantitative estimate of drug-likeness (QED) is 0.700. The second-order valence-electron chi connectivity index (χ2n) is 4.35. The highest BCUT2D eigenvalue weighted by atomic mass is 14.9. The van der Waals surface area contributed by atoms with Crippen LogP contribution >= 0.6 is 0 Å². The summed E-state index contributed by atoms with van der Waals surface area (Å²) in [7, 11) is 0. The summed E-state index contributed by atoms with van der Waals surface area (Å²) in [4.78, 5) is 0. The first-order valence-electron chi connectivity index (χ1n) is 5.77. The first-order chi connectivity index (χ1) is 7.86. The van der Waals surface area contributed by atoms with Crippen LogP contribution in [-0.2, 0) is 6.54 Å². The third-order valence-corrected chi connectivity index (χ3v) is 3.33. The number of hydrogen-bond donors (Lipinski definition) is 1. The van der Waals surface area contributed by atoms with Crippen LogP contribution in [0.15, 0.2) is 48.5 Å². The Morgan fingerprint density at radius 1 is 0.938 bits per heavy atom. The van der Waals surface area contributed by atoms with Crippen molar-refractivity contribution in [1.82, 2.24) is 5.32 Å². The lowest BCUT2D eigenvalue weighted by Crippen LogP contribution is -2.16. The highest BCUT2D eigenvalue weighted by Gasteiger charge is 2.17. The van der Waals surface area contributed by atoms with Crippen molar-refractivity contribution < 1.29 is 0 Å². The largest absolute Gasteiger partial charge is 0.306 e. The third-order valence-electron chi connectivity index (χ3n) is 3.33. The van der Waals surface area contributed by atoms with Gasteiger partial charge in [0.1, 0.15) is 0 Å². The molecule has 16 heavy (non-hydrogen) atoms. The number of hydrogen-bond acceptors (Lipinski definition) is 1. The van der Waals surface area contributed by atoms with Gasteiger partial charge in [0.2, 0.25) is 0 Å². The molecular weight excluding hydrogens is 194 g/mol. The fourth-order valence-electron chi connectivity index (χ4n) is 2.43. The summed E-state index contributed by atoms with van der Waals surface area (Å²) in [5.41, 5.74) is 5.53. The average molecular weight is 209 g/mol. The van der Waals surface area contributed by atoms with Gasteiger partial charge in [0.15, 0.2) is 0 Å². The molecule has 1 N–H and O–H groups in total. The minimum absolute atomic E-state index is 0.420. The van der Waals surface area contributed by atoms with Gasteiger partial charge in [0.25, 0.3) is 0 Å². The van der Waals surface area contributed by atoms with E-state index in [0.29, 0.717) is 6.04 Å². The summed E-state index contributed by atoms with van der Waals surface area (Å²) in [5.74, 6) is 0. The standard InChI is InChI=1S/C15H15N/c1-11-13-7-4-5-9-15(13)14-8-3-2-6-12(14)10-16-11/h2-9,11,16H,10H2,1H3/t11-/m0/s1. The van der Waals surface area contributed by atoms with Crippen molar-refractivity contribution in [3.63, 3.8) is 0 Å². The topological polar surface area (TPSA) is 12.0 Å². The minimum atomic E-state index is 0.420. The van der Waals surface area contributed by atoms with Gasteiger partial charge in [0, 0.05) is 12.6 Å². The van der Waals surface area contributed by atoms with Crippen molar-refractivity contribution in [2.24, 2.45) is 0 Å². The number of nitrogens with one attached hydrogen (secondary N) is 1. The number of rotatable bonds is 0. The van der Waals surface area contributed by atoms with E-state index in [1.807, 2.05) is 0 Å². The maximum Gasteiger partial charge on any atom is 0.0301 e. The lowest BCUT2D eigenvalue weighted by Gasteiger charge is -2.13. The second kappa shape index (κ2) is 3.76. The van der Waals surface area contributed by atoms with Gasteiger partial charge in [-0.1, -0.05) is 48.5 Å². The molecule has 0 fully saturated rings. The predicted octanol–water partition coefficient (Wildman–Crippen LogP) is 3.52. The molecule has 1 heteroatoms. The maximum absolute atomic E-state index is 3.56. The van der Waals surface area contributed by atoms with Crippen LogP contribution in [0.2, 0.25) is 0 Å². The van der Waals surface area contributed by atoms with Crippen LogP contribution in [0, 0.1) is 0 Å². The van der Waals surface area contributed by atoms with E-state index in [9.17, 15) is 0 Å². The molecule has 0 radical (unpaired) electrons. The maximum atomic E-state index is 3.56. The van der Waals surface area contributed by atoms with E-state index >= 15 is 0 Å². The lowest BCUT2D eigenvalue weighted by atomic mass is 9.95. The summed E-state index contributed by atoms with van der Waals surface area (Å²) in [6.07, 6.45) is 0. The molecule has 80 valence electrons. The summed E-state index contributed by atoms with van der Waals surface area (Å²) in [6, 6.07) is 17.7. The van der Waals surface area contributed by atoms with Crippen molar-refractivity contribution in [3.05, 3.63) is 59.7 Å². The molecular formula is C15H15N. The summed E-state index contributed by atoms with van der Waals surface area (Å²) >= 11 is 0. The van der Waals surface area contributed by atoms with Gasteiger partial charge in [-0.25, -0.2) is 0 Å². The Hall–Kier alpha value is -1.60. The average Bonchev–Trinajstić information content (AvgIpc) is 2.49. The molecule has 0 unspecified atom stereocenters. The summed E-state index contributed by atoms with van der Waals surface area (Å²) in [5, 5.41) is 3.56. The van der Waals surface area contributed by atoms with E-state index < -0.39 is 0 Å². The zero-order chi connectivity index (χ0) is 11.0. The van der Waals surface area contributed by atoms with Gasteiger partial charge >= 0.3 is 0 Å². The van der Waals surface area contributed by atoms with Crippen LogP contribution in [0.25, 0.3) is 11.1 Å². The first kappa shape index (κ1) is 9.61. The Morgan fingerprint density at radius 3 is 2.50 bits per heavy atom. The van der Waals surface area contributed by atoms with Crippen molar-refractivity contribution in [2.75, 3.05) is 0 Å². The number of benzene rings is 2. The zero-order valence-electron chi connectivity index (χ0n) is 9.40. The molecule has 0 saturated carbocycles. The van der Waals surface area contributed by atoms with Crippen LogP contribution in [0.4, 0.5) is 0 Å². The molecule has 2 aromatic carbocycles. The number of fused-ring (bicyclic) bond motifs is 3. The molecule has 0 aromatic heterocycles. The molecule has 1 aliphatic heterocycles. The van der Waals surface area contributed by atoms with Crippen molar-refractivity contribution >= 4 is 0 Å². The summed E-state index contributed by atoms with van der Waals surface area (Å²) < 4.78 is 0. The molecule has 1 aliphatic rings. The highest BCUT2D eigenvalue weighted by Crippen LogP contribution is 2.33. The molecule has 0 aliphatic carbocycles. The second-order valence-corrected chi connectivity index (χ2v) is 4.35. The molecule has 1 nitrogen and oxygen atoms in total. The van der Waals surface area contributed by atoms with Crippen LogP contribution < -0.4 is 5.32 Å². The molecule has 0 amide bonds. The monoisotopic (exact) mass is 209 g/mol. The Labute approximate surface area is 96.1 Å². The summed E-state index contributed by atoms with van der Waals surface area (Å²) in [6.45, 7) is 3.18. The zero-order valence-corrected chi connectivity index (χ0v) is 9.40. The van der Waals surface area contributed by atoms with Gasteiger partial charge in [-0.2, -0.15) is 0 Å². The molecule has 1 heterocycles. The van der Waals surface area contributed by atoms with Gasteiger partial charge in [0.05, 0.1) is 0 Å². The van der Waals surface area contributed by atoms with E-state index in [2.05, 4.69) is 60.8 Å². The van der Waals surface area contributed by atoms with E-state index in [1.54, 1.807) is 0 Å². The fourth-order valence-corrected chi connectivity index (χ4v) is 2.43. The van der Waals surface area contributed by atoms with Gasteiger partial charge < -0.3 is 5.32 Å².